The molecule has 1 fully saturated rings. The van der Waals surface area contributed by atoms with Crippen LogP contribution in [0.2, 0.25) is 0 Å². The number of likely N-dealkylation sites (tertiary alicyclic amines) is 1. The van der Waals surface area contributed by atoms with Gasteiger partial charge in [-0.2, -0.15) is 0 Å². The van der Waals surface area contributed by atoms with Gasteiger partial charge >= 0.3 is 5.97 Å². The number of carboxylic acid groups (broad SMARTS) is 1. The summed E-state index contributed by atoms with van der Waals surface area (Å²) in [7, 11) is 1.53. The van der Waals surface area contributed by atoms with Gasteiger partial charge in [0.15, 0.2) is 11.5 Å². The predicted octanol–water partition coefficient (Wildman–Crippen LogP) is 2.81. The Morgan fingerprint density at radius 2 is 2.00 bits per heavy atom. The summed E-state index contributed by atoms with van der Waals surface area (Å²) in [6, 6.07) is 5.05. The van der Waals surface area contributed by atoms with Crippen LogP contribution in [0.25, 0.3) is 0 Å². The van der Waals surface area contributed by atoms with Crippen LogP contribution in [0.5, 0.6) is 11.5 Å². The number of hydrogen-bond acceptors (Lipinski definition) is 4. The molecule has 0 aromatic heterocycles. The molecule has 0 spiro atoms. The second-order valence-corrected chi connectivity index (χ2v) is 6.73. The molecule has 0 bridgehead atoms. The molecule has 24 heavy (non-hydrogen) atoms. The molecular weight excluding hydrogens is 310 g/mol. The van der Waals surface area contributed by atoms with Gasteiger partial charge in [-0.1, -0.05) is 0 Å². The maximum Gasteiger partial charge on any atom is 0.311 e. The fourth-order valence-corrected chi connectivity index (χ4v) is 2.92. The van der Waals surface area contributed by atoms with Gasteiger partial charge in [0.2, 0.25) is 0 Å². The quantitative estimate of drug-likeness (QED) is 0.895. The minimum Gasteiger partial charge on any atom is -0.493 e. The van der Waals surface area contributed by atoms with E-state index >= 15 is 0 Å². The zero-order valence-electron chi connectivity index (χ0n) is 14.7. The number of carboxylic acids is 1. The Kier molecular flexibility index (Phi) is 5.36. The normalized spacial score (nSPS) is 20.8. The highest BCUT2D eigenvalue weighted by atomic mass is 16.5. The van der Waals surface area contributed by atoms with E-state index in [0.717, 1.165) is 0 Å². The van der Waals surface area contributed by atoms with E-state index in [0.29, 0.717) is 36.4 Å². The SMILES string of the molecule is COc1cc(C(=O)N2CCCC(C)(C(=O)O)C2)ccc1OC(C)C. The largest absolute Gasteiger partial charge is 0.493 e. The van der Waals surface area contributed by atoms with Gasteiger partial charge in [-0.3, -0.25) is 9.59 Å². The summed E-state index contributed by atoms with van der Waals surface area (Å²) in [4.78, 5) is 25.8. The molecular formula is C18H25NO5. The van der Waals surface area contributed by atoms with E-state index < -0.39 is 11.4 Å². The van der Waals surface area contributed by atoms with Crippen LogP contribution in [0.15, 0.2) is 18.2 Å². The van der Waals surface area contributed by atoms with Gasteiger partial charge in [0.05, 0.1) is 18.6 Å². The lowest BCUT2D eigenvalue weighted by atomic mass is 9.82. The van der Waals surface area contributed by atoms with Crippen molar-refractivity contribution >= 4 is 11.9 Å². The number of carbonyl (C=O) groups is 2. The van der Waals surface area contributed by atoms with Crippen molar-refractivity contribution in [2.45, 2.75) is 39.7 Å². The first kappa shape index (κ1) is 18.1. The molecule has 1 aliphatic heterocycles. The van der Waals surface area contributed by atoms with Gasteiger partial charge in [0, 0.05) is 18.7 Å². The molecule has 0 saturated carbocycles. The lowest BCUT2D eigenvalue weighted by Crippen LogP contribution is -2.48. The van der Waals surface area contributed by atoms with Gasteiger partial charge in [-0.25, -0.2) is 0 Å². The number of nitrogens with zero attached hydrogens (tertiary/aromatic N) is 1. The van der Waals surface area contributed by atoms with Crippen LogP contribution in [-0.2, 0) is 4.79 Å². The third kappa shape index (κ3) is 3.80. The van der Waals surface area contributed by atoms with Crippen molar-refractivity contribution in [2.24, 2.45) is 5.41 Å². The summed E-state index contributed by atoms with van der Waals surface area (Å²) in [5, 5.41) is 9.40. The van der Waals surface area contributed by atoms with Gasteiger partial charge < -0.3 is 19.5 Å². The Hall–Kier alpha value is -2.24. The van der Waals surface area contributed by atoms with E-state index in [1.165, 1.54) is 7.11 Å². The summed E-state index contributed by atoms with van der Waals surface area (Å²) in [6.07, 6.45) is 1.26. The maximum atomic E-state index is 12.7. The Bertz CT molecular complexity index is 628. The van der Waals surface area contributed by atoms with Crippen LogP contribution in [0.3, 0.4) is 0 Å². The topological polar surface area (TPSA) is 76.1 Å². The van der Waals surface area contributed by atoms with Crippen LogP contribution in [-0.4, -0.2) is 48.2 Å². The number of rotatable bonds is 5. The zero-order chi connectivity index (χ0) is 17.9. The molecule has 0 aliphatic carbocycles. The molecule has 1 aliphatic rings. The average molecular weight is 335 g/mol. The van der Waals surface area contributed by atoms with Gasteiger partial charge in [0.1, 0.15) is 0 Å². The lowest BCUT2D eigenvalue weighted by Gasteiger charge is -2.37. The Balaban J connectivity index is 2.21. The number of ether oxygens (including phenoxy) is 2. The number of benzene rings is 1. The van der Waals surface area contributed by atoms with Crippen molar-refractivity contribution in [1.82, 2.24) is 4.90 Å². The molecule has 6 heteroatoms. The first-order chi connectivity index (χ1) is 11.3. The van der Waals surface area contributed by atoms with Gasteiger partial charge in [-0.05, 0) is 51.8 Å². The Labute approximate surface area is 142 Å². The van der Waals surface area contributed by atoms with Crippen molar-refractivity contribution in [3.8, 4) is 11.5 Å². The highest BCUT2D eigenvalue weighted by Crippen LogP contribution is 2.32. The number of amides is 1. The summed E-state index contributed by atoms with van der Waals surface area (Å²) < 4.78 is 11.0. The van der Waals surface area contributed by atoms with E-state index in [-0.39, 0.29) is 18.6 Å². The van der Waals surface area contributed by atoms with Crippen LogP contribution >= 0.6 is 0 Å². The highest BCUT2D eigenvalue weighted by Gasteiger charge is 2.39. The average Bonchev–Trinajstić information content (AvgIpc) is 2.54. The summed E-state index contributed by atoms with van der Waals surface area (Å²) in [6.45, 7) is 6.30. The molecule has 1 atom stereocenters. The molecule has 1 aromatic carbocycles. The minimum absolute atomic E-state index is 0.00109. The molecule has 1 unspecified atom stereocenters. The molecule has 1 N–H and O–H groups in total. The molecule has 1 heterocycles. The highest BCUT2D eigenvalue weighted by molar-refractivity contribution is 5.95. The number of aliphatic carboxylic acids is 1. The van der Waals surface area contributed by atoms with Crippen molar-refractivity contribution in [1.29, 1.82) is 0 Å². The van der Waals surface area contributed by atoms with Crippen molar-refractivity contribution in [3.63, 3.8) is 0 Å². The molecule has 0 radical (unpaired) electrons. The maximum absolute atomic E-state index is 12.7. The zero-order valence-corrected chi connectivity index (χ0v) is 14.7. The van der Waals surface area contributed by atoms with E-state index in [1.54, 1.807) is 30.0 Å². The number of methoxy groups -OCH3 is 1. The molecule has 1 saturated heterocycles. The summed E-state index contributed by atoms with van der Waals surface area (Å²) in [5.74, 6) is 0.0282. The molecule has 6 nitrogen and oxygen atoms in total. The van der Waals surface area contributed by atoms with E-state index in [1.807, 2.05) is 13.8 Å². The molecule has 1 aromatic rings. The summed E-state index contributed by atoms with van der Waals surface area (Å²) >= 11 is 0. The third-order valence-electron chi connectivity index (χ3n) is 4.27. The second-order valence-electron chi connectivity index (χ2n) is 6.73. The smallest absolute Gasteiger partial charge is 0.311 e. The summed E-state index contributed by atoms with van der Waals surface area (Å²) in [5.41, 5.74) is -0.420. The molecule has 2 rings (SSSR count). The molecule has 1 amide bonds. The predicted molar refractivity (Wildman–Crippen MR) is 89.6 cm³/mol. The standard InChI is InChI=1S/C18H25NO5/c1-12(2)24-14-7-6-13(10-15(14)23-4)16(20)19-9-5-8-18(3,11-19)17(21)22/h6-7,10,12H,5,8-9,11H2,1-4H3,(H,21,22). The van der Waals surface area contributed by atoms with Crippen LogP contribution < -0.4 is 9.47 Å². The minimum atomic E-state index is -0.890. The third-order valence-corrected chi connectivity index (χ3v) is 4.27. The van der Waals surface area contributed by atoms with Gasteiger partial charge in [0.25, 0.3) is 5.91 Å². The van der Waals surface area contributed by atoms with Gasteiger partial charge in [-0.15, -0.1) is 0 Å². The second kappa shape index (κ2) is 7.11. The lowest BCUT2D eigenvalue weighted by molar-refractivity contribution is -0.150. The van der Waals surface area contributed by atoms with Crippen LogP contribution in [0, 0.1) is 5.41 Å². The number of piperidine rings is 1. The first-order valence-corrected chi connectivity index (χ1v) is 8.14. The Morgan fingerprint density at radius 3 is 2.58 bits per heavy atom. The van der Waals surface area contributed by atoms with Crippen LogP contribution in [0.4, 0.5) is 0 Å². The first-order valence-electron chi connectivity index (χ1n) is 8.14. The van der Waals surface area contributed by atoms with Crippen molar-refractivity contribution in [3.05, 3.63) is 23.8 Å². The fraction of sp³-hybridized carbons (Fsp3) is 0.556. The van der Waals surface area contributed by atoms with E-state index in [2.05, 4.69) is 0 Å². The number of hydrogen-bond donors (Lipinski definition) is 1. The fourth-order valence-electron chi connectivity index (χ4n) is 2.92. The number of carbonyl (C=O) groups excluding carboxylic acids is 1. The van der Waals surface area contributed by atoms with Crippen LogP contribution in [0.1, 0.15) is 44.0 Å². The Morgan fingerprint density at radius 1 is 1.29 bits per heavy atom. The van der Waals surface area contributed by atoms with E-state index in [9.17, 15) is 14.7 Å². The van der Waals surface area contributed by atoms with Crippen molar-refractivity contribution in [2.75, 3.05) is 20.2 Å². The monoisotopic (exact) mass is 335 g/mol. The van der Waals surface area contributed by atoms with Crippen molar-refractivity contribution < 1.29 is 24.2 Å². The van der Waals surface area contributed by atoms with E-state index in [4.69, 9.17) is 9.47 Å². The molecule has 132 valence electrons.